The summed E-state index contributed by atoms with van der Waals surface area (Å²) in [5.74, 6) is 0. The quantitative estimate of drug-likeness (QED) is 0.183. The van der Waals surface area contributed by atoms with E-state index in [9.17, 15) is 0 Å². The summed E-state index contributed by atoms with van der Waals surface area (Å²) in [5, 5.41) is 27.0. The molecule has 140 valence electrons. The molecule has 0 aromatic heterocycles. The average molecular weight is 332 g/mol. The molecule has 4 heteroatoms. The summed E-state index contributed by atoms with van der Waals surface area (Å²) >= 11 is 0. The molecular weight excluding hydrogens is 290 g/mol. The number of hydroxylamine groups is 2. The highest BCUT2D eigenvalue weighted by molar-refractivity contribution is 4.50. The summed E-state index contributed by atoms with van der Waals surface area (Å²) in [7, 11) is 0. The number of aliphatic hydroxyl groups is 2. The normalized spacial score (nSPS) is 11.7. The largest absolute Gasteiger partial charge is 0.354 e. The van der Waals surface area contributed by atoms with E-state index in [4.69, 9.17) is 15.4 Å². The molecule has 4 nitrogen and oxygen atoms in total. The summed E-state index contributed by atoms with van der Waals surface area (Å²) in [6.45, 7) is 2.60. The highest BCUT2D eigenvalue weighted by atomic mass is 16.6. The van der Waals surface area contributed by atoms with E-state index in [-0.39, 0.29) is 0 Å². The van der Waals surface area contributed by atoms with E-state index in [1.807, 2.05) is 0 Å². The average Bonchev–Trinajstić information content (AvgIpc) is 2.54. The molecule has 0 unspecified atom stereocenters. The Morgan fingerprint density at radius 2 is 0.870 bits per heavy atom. The summed E-state index contributed by atoms with van der Waals surface area (Å²) in [6.07, 6.45) is 19.2. The first-order chi connectivity index (χ1) is 11.2. The maximum absolute atomic E-state index is 9.08. The molecule has 0 aliphatic heterocycles. The number of nitrogens with zero attached hydrogens (tertiary/aromatic N) is 1. The van der Waals surface area contributed by atoms with Gasteiger partial charge in [0.2, 0.25) is 6.41 Å². The van der Waals surface area contributed by atoms with Crippen LogP contribution in [-0.4, -0.2) is 33.4 Å². The zero-order chi connectivity index (χ0) is 17.2. The van der Waals surface area contributed by atoms with Gasteiger partial charge in [-0.1, -0.05) is 103 Å². The fourth-order valence-corrected chi connectivity index (χ4v) is 2.94. The predicted octanol–water partition coefficient (Wildman–Crippen LogP) is 5.21. The highest BCUT2D eigenvalue weighted by Crippen LogP contribution is 2.13. The van der Waals surface area contributed by atoms with Crippen molar-refractivity contribution in [3.05, 3.63) is 0 Å². The third-order valence-corrected chi connectivity index (χ3v) is 4.51. The van der Waals surface area contributed by atoms with Crippen molar-refractivity contribution in [2.75, 3.05) is 6.54 Å². The van der Waals surface area contributed by atoms with Crippen LogP contribution in [0.25, 0.3) is 0 Å². The van der Waals surface area contributed by atoms with Crippen LogP contribution in [0.5, 0.6) is 0 Å². The monoisotopic (exact) mass is 331 g/mol. The van der Waals surface area contributed by atoms with Crippen LogP contribution < -0.4 is 0 Å². The van der Waals surface area contributed by atoms with Crippen molar-refractivity contribution in [3.8, 4) is 0 Å². The van der Waals surface area contributed by atoms with Crippen molar-refractivity contribution >= 4 is 0 Å². The fraction of sp³-hybridized carbons (Fsp3) is 1.00. The molecule has 3 N–H and O–H groups in total. The Morgan fingerprint density at radius 1 is 0.565 bits per heavy atom. The second-order valence-corrected chi connectivity index (χ2v) is 6.81. The summed E-state index contributed by atoms with van der Waals surface area (Å²) in [4.78, 5) is 0. The smallest absolute Gasteiger partial charge is 0.235 e. The minimum Gasteiger partial charge on any atom is -0.354 e. The topological polar surface area (TPSA) is 63.9 Å². The Balaban J connectivity index is 3.03. The Kier molecular flexibility index (Phi) is 18.1. The molecule has 0 bridgehead atoms. The molecule has 23 heavy (non-hydrogen) atoms. The van der Waals surface area contributed by atoms with Gasteiger partial charge in [0.1, 0.15) is 0 Å². The Morgan fingerprint density at radius 3 is 1.17 bits per heavy atom. The number of aliphatic hydroxyl groups excluding tert-OH is 1. The summed E-state index contributed by atoms with van der Waals surface area (Å²) in [5.41, 5.74) is 0. The van der Waals surface area contributed by atoms with Crippen molar-refractivity contribution in [2.45, 2.75) is 116 Å². The van der Waals surface area contributed by atoms with Crippen molar-refractivity contribution < 1.29 is 15.4 Å². The zero-order valence-electron chi connectivity index (χ0n) is 15.4. The van der Waals surface area contributed by atoms with Crippen LogP contribution in [0.4, 0.5) is 0 Å². The molecule has 0 fully saturated rings. The van der Waals surface area contributed by atoms with Crippen LogP contribution in [0.15, 0.2) is 0 Å². The van der Waals surface area contributed by atoms with Gasteiger partial charge < -0.3 is 15.4 Å². The lowest BCUT2D eigenvalue weighted by molar-refractivity contribution is -0.280. The minimum atomic E-state index is -1.74. The summed E-state index contributed by atoms with van der Waals surface area (Å²) < 4.78 is 0. The van der Waals surface area contributed by atoms with Gasteiger partial charge in [0, 0.05) is 6.54 Å². The van der Waals surface area contributed by atoms with Gasteiger partial charge >= 0.3 is 0 Å². The number of hydrogen-bond acceptors (Lipinski definition) is 4. The van der Waals surface area contributed by atoms with Crippen LogP contribution in [0.3, 0.4) is 0 Å². The highest BCUT2D eigenvalue weighted by Gasteiger charge is 2.06. The SMILES string of the molecule is CCCCCCCCCCCCCCCCCCN(O)C(O)O. The van der Waals surface area contributed by atoms with Crippen molar-refractivity contribution in [1.82, 2.24) is 5.06 Å². The Labute approximate surface area is 143 Å². The molecule has 0 atom stereocenters. The van der Waals surface area contributed by atoms with Gasteiger partial charge in [-0.3, -0.25) is 0 Å². The predicted molar refractivity (Wildman–Crippen MR) is 96.3 cm³/mol. The van der Waals surface area contributed by atoms with Gasteiger partial charge in [0.05, 0.1) is 0 Å². The van der Waals surface area contributed by atoms with Crippen LogP contribution in [-0.2, 0) is 0 Å². The molecule has 0 aromatic rings. The molecule has 0 aromatic carbocycles. The third kappa shape index (κ3) is 18.0. The van der Waals surface area contributed by atoms with Gasteiger partial charge in [-0.15, -0.1) is 5.06 Å². The number of unbranched alkanes of at least 4 members (excludes halogenated alkanes) is 15. The first kappa shape index (κ1) is 22.8. The van der Waals surface area contributed by atoms with Crippen molar-refractivity contribution in [1.29, 1.82) is 0 Å². The van der Waals surface area contributed by atoms with E-state index in [1.165, 1.54) is 89.9 Å². The molecule has 0 aliphatic carbocycles. The number of rotatable bonds is 18. The fourth-order valence-electron chi connectivity index (χ4n) is 2.94. The molecule has 0 saturated carbocycles. The molecule has 0 aliphatic rings. The van der Waals surface area contributed by atoms with Crippen LogP contribution in [0.2, 0.25) is 0 Å². The van der Waals surface area contributed by atoms with Gasteiger partial charge in [0.15, 0.2) is 0 Å². The van der Waals surface area contributed by atoms with E-state index in [1.54, 1.807) is 0 Å². The lowest BCUT2D eigenvalue weighted by Gasteiger charge is -2.15. The van der Waals surface area contributed by atoms with Gasteiger partial charge in [0.25, 0.3) is 0 Å². The van der Waals surface area contributed by atoms with E-state index in [0.29, 0.717) is 11.6 Å². The second-order valence-electron chi connectivity index (χ2n) is 6.81. The van der Waals surface area contributed by atoms with Gasteiger partial charge in [-0.05, 0) is 6.42 Å². The van der Waals surface area contributed by atoms with Crippen molar-refractivity contribution in [2.24, 2.45) is 0 Å². The van der Waals surface area contributed by atoms with Gasteiger partial charge in [-0.25, -0.2) is 0 Å². The molecule has 0 amide bonds. The molecule has 0 heterocycles. The Bertz CT molecular complexity index is 225. The second kappa shape index (κ2) is 18.2. The molecular formula is C19H41NO3. The van der Waals surface area contributed by atoms with Gasteiger partial charge in [-0.2, -0.15) is 0 Å². The maximum atomic E-state index is 9.08. The lowest BCUT2D eigenvalue weighted by atomic mass is 10.0. The third-order valence-electron chi connectivity index (χ3n) is 4.51. The standard InChI is InChI=1S/C19H41NO3/c1-2-3-4-5-6-7-8-9-10-11-12-13-14-15-16-17-18-20(23)19(21)22/h19,21-23H,2-18H2,1H3. The van der Waals surface area contributed by atoms with Crippen LogP contribution in [0.1, 0.15) is 110 Å². The van der Waals surface area contributed by atoms with E-state index >= 15 is 0 Å². The summed E-state index contributed by atoms with van der Waals surface area (Å²) in [6, 6.07) is 0. The molecule has 0 saturated heterocycles. The zero-order valence-corrected chi connectivity index (χ0v) is 15.4. The lowest BCUT2D eigenvalue weighted by Crippen LogP contribution is -2.32. The first-order valence-corrected chi connectivity index (χ1v) is 10.00. The maximum Gasteiger partial charge on any atom is 0.235 e. The number of hydrogen-bond donors (Lipinski definition) is 3. The van der Waals surface area contributed by atoms with E-state index in [0.717, 1.165) is 12.8 Å². The molecule has 0 spiro atoms. The molecule has 0 radical (unpaired) electrons. The van der Waals surface area contributed by atoms with Crippen LogP contribution >= 0.6 is 0 Å². The van der Waals surface area contributed by atoms with Crippen molar-refractivity contribution in [3.63, 3.8) is 0 Å². The first-order valence-electron chi connectivity index (χ1n) is 10.00. The minimum absolute atomic E-state index is 0.329. The van der Waals surface area contributed by atoms with Crippen LogP contribution in [0, 0.1) is 0 Å². The molecule has 0 rings (SSSR count). The Hall–Kier alpha value is -0.160. The van der Waals surface area contributed by atoms with E-state index < -0.39 is 6.41 Å². The van der Waals surface area contributed by atoms with E-state index in [2.05, 4.69) is 6.92 Å².